The number of carbonyl (C=O) groups excluding carboxylic acids is 1. The van der Waals surface area contributed by atoms with Crippen LogP contribution in [0.3, 0.4) is 0 Å². The first kappa shape index (κ1) is 16.6. The summed E-state index contributed by atoms with van der Waals surface area (Å²) in [6.45, 7) is 5.29. The highest BCUT2D eigenvalue weighted by Gasteiger charge is 2.18. The van der Waals surface area contributed by atoms with Crippen molar-refractivity contribution < 1.29 is 9.53 Å². The first-order chi connectivity index (χ1) is 11.2. The van der Waals surface area contributed by atoms with E-state index in [4.69, 9.17) is 10.00 Å². The van der Waals surface area contributed by atoms with E-state index in [1.54, 1.807) is 35.1 Å². The normalized spacial score (nSPS) is 10.1. The molecule has 0 unspecified atom stereocenters. The minimum atomic E-state index is -0.275. The Kier molecular flexibility index (Phi) is 5.75. The van der Waals surface area contributed by atoms with Gasteiger partial charge >= 0.3 is 0 Å². The van der Waals surface area contributed by atoms with Crippen molar-refractivity contribution in [1.82, 2.24) is 9.78 Å². The molecular formula is C17H20N4O2. The third-order valence-corrected chi connectivity index (χ3v) is 3.14. The Bertz CT molecular complexity index is 698. The van der Waals surface area contributed by atoms with Gasteiger partial charge in [0.15, 0.2) is 0 Å². The van der Waals surface area contributed by atoms with Gasteiger partial charge in [-0.3, -0.25) is 9.48 Å². The number of rotatable bonds is 7. The smallest absolute Gasteiger partial charge is 0.262 e. The number of aromatic nitrogens is 2. The minimum Gasteiger partial charge on any atom is -0.476 e. The molecule has 0 radical (unpaired) electrons. The fourth-order valence-electron chi connectivity index (χ4n) is 2.03. The number of hydrogen-bond donors (Lipinski definition) is 1. The lowest BCUT2D eigenvalue weighted by Gasteiger charge is -2.06. The average molecular weight is 312 g/mol. The van der Waals surface area contributed by atoms with Crippen molar-refractivity contribution in [2.45, 2.75) is 33.2 Å². The molecule has 1 aromatic heterocycles. The minimum absolute atomic E-state index is 0.275. The number of aryl methyl sites for hydroxylation is 1. The Morgan fingerprint density at radius 2 is 2.04 bits per heavy atom. The maximum absolute atomic E-state index is 12.5. The van der Waals surface area contributed by atoms with Crippen LogP contribution in [0.25, 0.3) is 0 Å². The Hall–Kier alpha value is -2.81. The number of amides is 1. The molecule has 120 valence electrons. The van der Waals surface area contributed by atoms with Crippen molar-refractivity contribution >= 4 is 11.6 Å². The second kappa shape index (κ2) is 7.99. The summed E-state index contributed by atoms with van der Waals surface area (Å²) in [5, 5.41) is 15.9. The molecule has 6 nitrogen and oxygen atoms in total. The van der Waals surface area contributed by atoms with Crippen molar-refractivity contribution in [3.05, 3.63) is 41.6 Å². The van der Waals surface area contributed by atoms with Crippen LogP contribution in [0.4, 0.5) is 5.69 Å². The lowest BCUT2D eigenvalue weighted by molar-refractivity contribution is 0.102. The number of nitriles is 1. The van der Waals surface area contributed by atoms with Crippen LogP contribution >= 0.6 is 0 Å². The second-order valence-electron chi connectivity index (χ2n) is 5.10. The van der Waals surface area contributed by atoms with E-state index in [0.717, 1.165) is 19.4 Å². The molecule has 0 fully saturated rings. The summed E-state index contributed by atoms with van der Waals surface area (Å²) in [5.41, 5.74) is 1.58. The largest absolute Gasteiger partial charge is 0.476 e. The fraction of sp³-hybridized carbons (Fsp3) is 0.353. The van der Waals surface area contributed by atoms with E-state index >= 15 is 0 Å². The molecule has 1 N–H and O–H groups in total. The maximum atomic E-state index is 12.5. The number of nitrogens with one attached hydrogen (secondary N) is 1. The molecule has 0 bridgehead atoms. The van der Waals surface area contributed by atoms with Crippen LogP contribution in [0.1, 0.15) is 42.6 Å². The SMILES string of the molecule is CCCOc1nn(CCC)cc1C(=O)Nc1ccc(C#N)cc1. The van der Waals surface area contributed by atoms with Gasteiger partial charge in [0.25, 0.3) is 5.91 Å². The van der Waals surface area contributed by atoms with Crippen LogP contribution in [0.2, 0.25) is 0 Å². The summed E-state index contributed by atoms with van der Waals surface area (Å²) in [7, 11) is 0. The molecule has 0 spiro atoms. The van der Waals surface area contributed by atoms with E-state index in [1.165, 1.54) is 0 Å². The zero-order chi connectivity index (χ0) is 16.7. The summed E-state index contributed by atoms with van der Waals surface area (Å²) in [6, 6.07) is 8.75. The van der Waals surface area contributed by atoms with Crippen LogP contribution in [0, 0.1) is 11.3 Å². The molecule has 23 heavy (non-hydrogen) atoms. The van der Waals surface area contributed by atoms with Crippen molar-refractivity contribution in [1.29, 1.82) is 5.26 Å². The standard InChI is InChI=1S/C17H20N4O2/c1-3-9-21-12-15(17(20-21)23-10-4-2)16(22)19-14-7-5-13(11-18)6-8-14/h5-8,12H,3-4,9-10H2,1-2H3,(H,19,22). The number of hydrogen-bond acceptors (Lipinski definition) is 4. The molecule has 0 aliphatic carbocycles. The van der Waals surface area contributed by atoms with Crippen LogP contribution < -0.4 is 10.1 Å². The van der Waals surface area contributed by atoms with Gasteiger partial charge in [-0.1, -0.05) is 13.8 Å². The maximum Gasteiger partial charge on any atom is 0.262 e. The van der Waals surface area contributed by atoms with Gasteiger partial charge in [-0.2, -0.15) is 5.26 Å². The summed E-state index contributed by atoms with van der Waals surface area (Å²) in [6.07, 6.45) is 3.47. The first-order valence-corrected chi connectivity index (χ1v) is 7.69. The van der Waals surface area contributed by atoms with Crippen molar-refractivity contribution in [3.8, 4) is 11.9 Å². The molecule has 0 aliphatic heterocycles. The fourth-order valence-corrected chi connectivity index (χ4v) is 2.03. The Morgan fingerprint density at radius 3 is 2.65 bits per heavy atom. The van der Waals surface area contributed by atoms with E-state index in [1.807, 2.05) is 19.9 Å². The van der Waals surface area contributed by atoms with Gasteiger partial charge < -0.3 is 10.1 Å². The van der Waals surface area contributed by atoms with E-state index in [-0.39, 0.29) is 5.91 Å². The van der Waals surface area contributed by atoms with E-state index in [9.17, 15) is 4.79 Å². The average Bonchev–Trinajstić information content (AvgIpc) is 2.97. The summed E-state index contributed by atoms with van der Waals surface area (Å²) >= 11 is 0. The highest BCUT2D eigenvalue weighted by atomic mass is 16.5. The van der Waals surface area contributed by atoms with Gasteiger partial charge in [0.05, 0.1) is 18.2 Å². The molecule has 2 aromatic rings. The third kappa shape index (κ3) is 4.33. The number of anilines is 1. The van der Waals surface area contributed by atoms with Crippen LogP contribution in [-0.4, -0.2) is 22.3 Å². The van der Waals surface area contributed by atoms with Crippen molar-refractivity contribution in [2.24, 2.45) is 0 Å². The van der Waals surface area contributed by atoms with Gasteiger partial charge in [-0.25, -0.2) is 0 Å². The summed E-state index contributed by atoms with van der Waals surface area (Å²) < 4.78 is 7.29. The van der Waals surface area contributed by atoms with Crippen molar-refractivity contribution in [3.63, 3.8) is 0 Å². The molecule has 6 heteroatoms. The number of nitrogens with zero attached hydrogens (tertiary/aromatic N) is 3. The predicted molar refractivity (Wildman–Crippen MR) is 87.4 cm³/mol. The Balaban J connectivity index is 2.17. The lowest BCUT2D eigenvalue weighted by Crippen LogP contribution is -2.13. The van der Waals surface area contributed by atoms with Crippen LogP contribution in [0.15, 0.2) is 30.5 Å². The zero-order valence-corrected chi connectivity index (χ0v) is 13.4. The topological polar surface area (TPSA) is 79.9 Å². The van der Waals surface area contributed by atoms with E-state index in [2.05, 4.69) is 10.4 Å². The Labute approximate surface area is 135 Å². The highest BCUT2D eigenvalue weighted by Crippen LogP contribution is 2.19. The number of carbonyl (C=O) groups is 1. The van der Waals surface area contributed by atoms with E-state index < -0.39 is 0 Å². The highest BCUT2D eigenvalue weighted by molar-refractivity contribution is 6.05. The third-order valence-electron chi connectivity index (χ3n) is 3.14. The molecule has 0 atom stereocenters. The predicted octanol–water partition coefficient (Wildman–Crippen LogP) is 3.21. The van der Waals surface area contributed by atoms with Gasteiger partial charge in [0.1, 0.15) is 5.56 Å². The number of benzene rings is 1. The molecular weight excluding hydrogens is 292 g/mol. The molecule has 2 rings (SSSR count). The molecule has 0 aliphatic rings. The van der Waals surface area contributed by atoms with Gasteiger partial charge in [0.2, 0.25) is 5.88 Å². The van der Waals surface area contributed by atoms with Crippen LogP contribution in [0.5, 0.6) is 5.88 Å². The molecule has 1 aromatic carbocycles. The summed E-state index contributed by atoms with van der Waals surface area (Å²) in [4.78, 5) is 12.5. The lowest BCUT2D eigenvalue weighted by atomic mass is 10.2. The zero-order valence-electron chi connectivity index (χ0n) is 13.4. The monoisotopic (exact) mass is 312 g/mol. The van der Waals surface area contributed by atoms with Gasteiger partial charge in [-0.05, 0) is 37.1 Å². The van der Waals surface area contributed by atoms with Crippen LogP contribution in [-0.2, 0) is 6.54 Å². The van der Waals surface area contributed by atoms with Crippen molar-refractivity contribution in [2.75, 3.05) is 11.9 Å². The molecule has 1 heterocycles. The molecule has 1 amide bonds. The first-order valence-electron chi connectivity index (χ1n) is 7.69. The second-order valence-corrected chi connectivity index (χ2v) is 5.10. The quantitative estimate of drug-likeness (QED) is 0.851. The number of ether oxygens (including phenoxy) is 1. The van der Waals surface area contributed by atoms with Gasteiger partial charge in [-0.15, -0.1) is 5.10 Å². The summed E-state index contributed by atoms with van der Waals surface area (Å²) in [5.74, 6) is 0.0783. The molecule has 0 saturated heterocycles. The van der Waals surface area contributed by atoms with E-state index in [0.29, 0.717) is 29.3 Å². The Morgan fingerprint density at radius 1 is 1.30 bits per heavy atom. The molecule has 0 saturated carbocycles. The van der Waals surface area contributed by atoms with Gasteiger partial charge in [0, 0.05) is 18.4 Å².